The zero-order valence-electron chi connectivity index (χ0n) is 17.4. The maximum atomic E-state index is 12.0. The molecule has 0 saturated carbocycles. The van der Waals surface area contributed by atoms with Crippen molar-refractivity contribution in [1.82, 2.24) is 5.32 Å². The molecular weight excluding hydrogens is 346 g/mol. The second-order valence-corrected chi connectivity index (χ2v) is 7.32. The summed E-state index contributed by atoms with van der Waals surface area (Å²) in [6.45, 7) is 4.94. The average Bonchev–Trinajstić information content (AvgIpc) is 2.66. The molecule has 160 valence electrons. The van der Waals surface area contributed by atoms with Crippen LogP contribution in [0.1, 0.15) is 90.9 Å². The largest absolute Gasteiger partial charge is 0.480 e. The molecule has 0 saturated heterocycles. The number of aliphatic hydroxyl groups is 1. The van der Waals surface area contributed by atoms with Crippen molar-refractivity contribution in [3.8, 4) is 0 Å². The Balaban J connectivity index is 4.50. The van der Waals surface area contributed by atoms with Crippen molar-refractivity contribution >= 4 is 12.3 Å². The van der Waals surface area contributed by atoms with Crippen LogP contribution in [-0.4, -0.2) is 53.9 Å². The van der Waals surface area contributed by atoms with Crippen LogP contribution in [-0.2, 0) is 14.3 Å². The van der Waals surface area contributed by atoms with Gasteiger partial charge in [0.15, 0.2) is 0 Å². The summed E-state index contributed by atoms with van der Waals surface area (Å²) < 4.78 is 5.98. The Bertz CT molecular complexity index is 378. The zero-order valence-corrected chi connectivity index (χ0v) is 17.4. The minimum Gasteiger partial charge on any atom is -0.480 e. The molecule has 0 aliphatic rings. The number of rotatable bonds is 20. The number of hydrogen-bond acceptors (Lipinski definition) is 5. The molecule has 0 radical (unpaired) electrons. The van der Waals surface area contributed by atoms with E-state index in [9.17, 15) is 14.7 Å². The number of carbonyl (C=O) groups excluding carboxylic acids is 1. The molecule has 0 aliphatic carbocycles. The van der Waals surface area contributed by atoms with E-state index in [1.54, 1.807) is 0 Å². The highest BCUT2D eigenvalue weighted by molar-refractivity contribution is 5.79. The Morgan fingerprint density at radius 3 is 2.33 bits per heavy atom. The Labute approximate surface area is 165 Å². The molecule has 0 amide bonds. The summed E-state index contributed by atoms with van der Waals surface area (Å²) >= 11 is 0. The van der Waals surface area contributed by atoms with Gasteiger partial charge in [-0.1, -0.05) is 52.4 Å². The Kier molecular flexibility index (Phi) is 16.5. The van der Waals surface area contributed by atoms with Crippen molar-refractivity contribution in [2.45, 2.75) is 103 Å². The lowest BCUT2D eigenvalue weighted by molar-refractivity contribution is -0.147. The van der Waals surface area contributed by atoms with Crippen LogP contribution in [0.4, 0.5) is 0 Å². The van der Waals surface area contributed by atoms with Crippen LogP contribution in [0.25, 0.3) is 0 Å². The van der Waals surface area contributed by atoms with Crippen LogP contribution in [0.3, 0.4) is 0 Å². The first-order valence-corrected chi connectivity index (χ1v) is 10.7. The number of carboxylic acid groups (broad SMARTS) is 1. The van der Waals surface area contributed by atoms with E-state index in [1.807, 2.05) is 6.92 Å². The second-order valence-electron chi connectivity index (χ2n) is 7.32. The minimum atomic E-state index is -1.16. The van der Waals surface area contributed by atoms with E-state index in [0.717, 1.165) is 25.5 Å². The third-order valence-electron chi connectivity index (χ3n) is 5.04. The molecular formula is C21H41NO5. The van der Waals surface area contributed by atoms with Gasteiger partial charge < -0.3 is 19.7 Å². The summed E-state index contributed by atoms with van der Waals surface area (Å²) in [4.78, 5) is 22.6. The summed E-state index contributed by atoms with van der Waals surface area (Å²) in [5.74, 6) is -0.945. The summed E-state index contributed by atoms with van der Waals surface area (Å²) in [6.07, 6.45) is 11.4. The van der Waals surface area contributed by atoms with Crippen molar-refractivity contribution in [2.24, 2.45) is 0 Å². The Morgan fingerprint density at radius 2 is 1.78 bits per heavy atom. The molecule has 2 atom stereocenters. The molecule has 0 bridgehead atoms. The Morgan fingerprint density at radius 1 is 1.11 bits per heavy atom. The van der Waals surface area contributed by atoms with Gasteiger partial charge in [-0.05, 0) is 25.7 Å². The lowest BCUT2D eigenvalue weighted by Crippen LogP contribution is -2.55. The molecule has 27 heavy (non-hydrogen) atoms. The number of unbranched alkanes of at least 4 members (excludes halogenated alkanes) is 7. The van der Waals surface area contributed by atoms with E-state index in [1.165, 1.54) is 32.1 Å². The van der Waals surface area contributed by atoms with Gasteiger partial charge in [-0.3, -0.25) is 10.1 Å². The molecule has 0 spiro atoms. The van der Waals surface area contributed by atoms with Crippen molar-refractivity contribution < 1.29 is 24.5 Å². The molecule has 0 heterocycles. The maximum Gasteiger partial charge on any atom is 0.323 e. The highest BCUT2D eigenvalue weighted by Gasteiger charge is 2.39. The fourth-order valence-corrected chi connectivity index (χ4v) is 3.33. The van der Waals surface area contributed by atoms with Crippen LogP contribution in [0.5, 0.6) is 0 Å². The maximum absolute atomic E-state index is 12.0. The third kappa shape index (κ3) is 12.2. The fourth-order valence-electron chi connectivity index (χ4n) is 3.33. The number of carboxylic acids is 1. The van der Waals surface area contributed by atoms with Gasteiger partial charge in [0, 0.05) is 26.0 Å². The van der Waals surface area contributed by atoms with Gasteiger partial charge in [0.05, 0.1) is 12.7 Å². The SMILES string of the molecule is CCCCCCCCCOC(CC)CC(CCCC=O)(NCCO)C(=O)O. The number of hydrogen-bond donors (Lipinski definition) is 3. The van der Waals surface area contributed by atoms with E-state index in [4.69, 9.17) is 9.84 Å². The summed E-state index contributed by atoms with van der Waals surface area (Å²) in [5.41, 5.74) is -1.16. The standard InChI is InChI=1S/C21H41NO5/c1-3-5-6-7-8-9-12-17-27-19(4-2)18-21(20(25)26,22-14-16-24)13-10-11-15-23/h15,19,22,24H,3-14,16-18H2,1-2H3,(H,25,26). The van der Waals surface area contributed by atoms with Crippen LogP contribution >= 0.6 is 0 Å². The highest BCUT2D eigenvalue weighted by Crippen LogP contribution is 2.24. The van der Waals surface area contributed by atoms with Gasteiger partial charge >= 0.3 is 5.97 Å². The number of aldehydes is 1. The summed E-state index contributed by atoms with van der Waals surface area (Å²) in [5, 5.41) is 21.9. The van der Waals surface area contributed by atoms with E-state index in [0.29, 0.717) is 32.3 Å². The van der Waals surface area contributed by atoms with Gasteiger partial charge in [-0.15, -0.1) is 0 Å². The first-order valence-electron chi connectivity index (χ1n) is 10.7. The average molecular weight is 388 g/mol. The van der Waals surface area contributed by atoms with E-state index in [2.05, 4.69) is 12.2 Å². The third-order valence-corrected chi connectivity index (χ3v) is 5.04. The lowest BCUT2D eigenvalue weighted by Gasteiger charge is -2.34. The van der Waals surface area contributed by atoms with Crippen LogP contribution in [0.2, 0.25) is 0 Å². The molecule has 2 unspecified atom stereocenters. The number of ether oxygens (including phenoxy) is 1. The minimum absolute atomic E-state index is 0.127. The zero-order chi connectivity index (χ0) is 20.4. The van der Waals surface area contributed by atoms with E-state index < -0.39 is 11.5 Å². The summed E-state index contributed by atoms with van der Waals surface area (Å²) in [7, 11) is 0. The predicted molar refractivity (Wildman–Crippen MR) is 108 cm³/mol. The molecule has 6 heteroatoms. The van der Waals surface area contributed by atoms with Crippen molar-refractivity contribution in [1.29, 1.82) is 0 Å². The number of β-amino-alcohol motifs (C(OH)–C–C–N with tert-alkyl or cyclic N) is 1. The quantitative estimate of drug-likeness (QED) is 0.218. The normalized spacial score (nSPS) is 14.6. The number of aliphatic carboxylic acids is 1. The molecule has 0 aliphatic heterocycles. The topological polar surface area (TPSA) is 95.9 Å². The molecule has 0 rings (SSSR count). The van der Waals surface area contributed by atoms with Crippen LogP contribution in [0, 0.1) is 0 Å². The lowest BCUT2D eigenvalue weighted by atomic mass is 9.85. The van der Waals surface area contributed by atoms with Crippen molar-refractivity contribution in [3.63, 3.8) is 0 Å². The second kappa shape index (κ2) is 17.1. The summed E-state index contributed by atoms with van der Waals surface area (Å²) in [6, 6.07) is 0. The molecule has 0 aromatic rings. The number of nitrogens with one attached hydrogen (secondary N) is 1. The smallest absolute Gasteiger partial charge is 0.323 e. The van der Waals surface area contributed by atoms with E-state index >= 15 is 0 Å². The molecule has 3 N–H and O–H groups in total. The van der Waals surface area contributed by atoms with Gasteiger partial charge in [-0.2, -0.15) is 0 Å². The van der Waals surface area contributed by atoms with Gasteiger partial charge in [0.1, 0.15) is 11.8 Å². The van der Waals surface area contributed by atoms with Gasteiger partial charge in [0.25, 0.3) is 0 Å². The monoisotopic (exact) mass is 387 g/mol. The predicted octanol–water partition coefficient (Wildman–Crippen LogP) is 3.70. The molecule has 0 aromatic heterocycles. The van der Waals surface area contributed by atoms with Crippen molar-refractivity contribution in [2.75, 3.05) is 19.8 Å². The first kappa shape index (κ1) is 26.0. The first-order chi connectivity index (χ1) is 13.1. The van der Waals surface area contributed by atoms with Crippen LogP contribution < -0.4 is 5.32 Å². The van der Waals surface area contributed by atoms with Gasteiger partial charge in [-0.25, -0.2) is 0 Å². The fraction of sp³-hybridized carbons (Fsp3) is 0.905. The highest BCUT2D eigenvalue weighted by atomic mass is 16.5. The molecule has 0 fully saturated rings. The van der Waals surface area contributed by atoms with Crippen LogP contribution in [0.15, 0.2) is 0 Å². The molecule has 6 nitrogen and oxygen atoms in total. The van der Waals surface area contributed by atoms with Gasteiger partial charge in [0.2, 0.25) is 0 Å². The molecule has 0 aromatic carbocycles. The van der Waals surface area contributed by atoms with E-state index in [-0.39, 0.29) is 19.3 Å². The number of aliphatic hydroxyl groups excluding tert-OH is 1. The van der Waals surface area contributed by atoms with Crippen molar-refractivity contribution in [3.05, 3.63) is 0 Å². The Hall–Kier alpha value is -0.980. The number of carbonyl (C=O) groups is 2.